The second kappa shape index (κ2) is 9.10. The molecule has 0 aromatic heterocycles. The second-order valence-corrected chi connectivity index (χ2v) is 6.25. The van der Waals surface area contributed by atoms with Crippen molar-refractivity contribution in [3.05, 3.63) is 58.6 Å². The molecule has 2 N–H and O–H groups in total. The van der Waals surface area contributed by atoms with E-state index in [0.29, 0.717) is 16.5 Å². The lowest BCUT2D eigenvalue weighted by molar-refractivity contribution is -0.133. The molecule has 2 rings (SSSR count). The Labute approximate surface area is 157 Å². The van der Waals surface area contributed by atoms with E-state index in [-0.39, 0.29) is 6.61 Å². The first-order valence-electron chi connectivity index (χ1n) is 8.06. The van der Waals surface area contributed by atoms with E-state index < -0.39 is 17.9 Å². The van der Waals surface area contributed by atoms with Gasteiger partial charge in [-0.05, 0) is 56.7 Å². The molecule has 0 saturated heterocycles. The number of rotatable bonds is 6. The molecule has 0 heterocycles. The standard InChI is InChI=1S/C19H21ClN2O4/c1-12-4-7-16(8-5-12)26-14(3)19(24)22-21-18(23)11-25-17-9-6-15(20)10-13(17)2/h4-10,14H,11H2,1-3H3,(H,21,23)(H,22,24). The number of halogens is 1. The Hall–Kier alpha value is -2.73. The highest BCUT2D eigenvalue weighted by atomic mass is 35.5. The summed E-state index contributed by atoms with van der Waals surface area (Å²) in [5.74, 6) is 0.162. The van der Waals surface area contributed by atoms with Gasteiger partial charge in [-0.15, -0.1) is 0 Å². The van der Waals surface area contributed by atoms with Crippen LogP contribution in [0.1, 0.15) is 18.1 Å². The second-order valence-electron chi connectivity index (χ2n) is 5.81. The van der Waals surface area contributed by atoms with Crippen LogP contribution >= 0.6 is 11.6 Å². The van der Waals surface area contributed by atoms with Crippen molar-refractivity contribution in [2.75, 3.05) is 6.61 Å². The molecule has 0 fully saturated rings. The van der Waals surface area contributed by atoms with Crippen molar-refractivity contribution in [3.8, 4) is 11.5 Å². The third-order valence-corrected chi connectivity index (χ3v) is 3.76. The minimum absolute atomic E-state index is 0.240. The van der Waals surface area contributed by atoms with Crippen molar-refractivity contribution in [1.29, 1.82) is 0 Å². The van der Waals surface area contributed by atoms with Crippen molar-refractivity contribution in [2.24, 2.45) is 0 Å². The summed E-state index contributed by atoms with van der Waals surface area (Å²) >= 11 is 5.87. The van der Waals surface area contributed by atoms with E-state index in [1.165, 1.54) is 0 Å². The minimum Gasteiger partial charge on any atom is -0.483 e. The molecule has 0 spiro atoms. The van der Waals surface area contributed by atoms with Crippen LogP contribution in [-0.4, -0.2) is 24.5 Å². The number of carbonyl (C=O) groups is 2. The largest absolute Gasteiger partial charge is 0.483 e. The molecule has 0 bridgehead atoms. The number of amides is 2. The number of hydrazine groups is 1. The normalized spacial score (nSPS) is 11.4. The number of ether oxygens (including phenoxy) is 2. The Morgan fingerprint density at radius 2 is 1.77 bits per heavy atom. The SMILES string of the molecule is Cc1ccc(OC(C)C(=O)NNC(=O)COc2ccc(Cl)cc2C)cc1. The molecule has 0 aliphatic carbocycles. The summed E-state index contributed by atoms with van der Waals surface area (Å²) in [5, 5.41) is 0.592. The van der Waals surface area contributed by atoms with Gasteiger partial charge in [0.2, 0.25) is 0 Å². The highest BCUT2D eigenvalue weighted by Crippen LogP contribution is 2.21. The van der Waals surface area contributed by atoms with Crippen LogP contribution in [-0.2, 0) is 9.59 Å². The van der Waals surface area contributed by atoms with Crippen molar-refractivity contribution >= 4 is 23.4 Å². The van der Waals surface area contributed by atoms with Crippen LogP contribution in [0.2, 0.25) is 5.02 Å². The van der Waals surface area contributed by atoms with E-state index in [4.69, 9.17) is 21.1 Å². The molecule has 0 aliphatic rings. The molecule has 0 radical (unpaired) electrons. The predicted octanol–water partition coefficient (Wildman–Crippen LogP) is 2.95. The summed E-state index contributed by atoms with van der Waals surface area (Å²) in [4.78, 5) is 23.8. The molecular formula is C19H21ClN2O4. The van der Waals surface area contributed by atoms with E-state index in [1.54, 1.807) is 37.3 Å². The summed E-state index contributed by atoms with van der Waals surface area (Å²) in [7, 11) is 0. The fourth-order valence-electron chi connectivity index (χ4n) is 2.06. The topological polar surface area (TPSA) is 76.7 Å². The van der Waals surface area contributed by atoms with Crippen LogP contribution in [0.3, 0.4) is 0 Å². The molecule has 1 atom stereocenters. The third kappa shape index (κ3) is 5.97. The van der Waals surface area contributed by atoms with Crippen LogP contribution in [0.25, 0.3) is 0 Å². The molecule has 138 valence electrons. The van der Waals surface area contributed by atoms with Crippen LogP contribution < -0.4 is 20.3 Å². The highest BCUT2D eigenvalue weighted by Gasteiger charge is 2.15. The van der Waals surface area contributed by atoms with Gasteiger partial charge in [-0.3, -0.25) is 20.4 Å². The quantitative estimate of drug-likeness (QED) is 0.760. The van der Waals surface area contributed by atoms with Gasteiger partial charge in [0.15, 0.2) is 12.7 Å². The highest BCUT2D eigenvalue weighted by molar-refractivity contribution is 6.30. The van der Waals surface area contributed by atoms with E-state index in [9.17, 15) is 9.59 Å². The maximum absolute atomic E-state index is 12.0. The molecule has 2 amide bonds. The van der Waals surface area contributed by atoms with Crippen LogP contribution in [0.4, 0.5) is 0 Å². The summed E-state index contributed by atoms with van der Waals surface area (Å²) in [6, 6.07) is 12.4. The lowest BCUT2D eigenvalue weighted by atomic mass is 10.2. The van der Waals surface area contributed by atoms with E-state index in [1.807, 2.05) is 26.0 Å². The van der Waals surface area contributed by atoms with Gasteiger partial charge in [-0.2, -0.15) is 0 Å². The van der Waals surface area contributed by atoms with Gasteiger partial charge < -0.3 is 9.47 Å². The zero-order valence-electron chi connectivity index (χ0n) is 14.8. The number of hydrogen-bond acceptors (Lipinski definition) is 4. The zero-order chi connectivity index (χ0) is 19.1. The molecule has 7 heteroatoms. The Morgan fingerprint density at radius 3 is 2.42 bits per heavy atom. The third-order valence-electron chi connectivity index (χ3n) is 3.52. The maximum Gasteiger partial charge on any atom is 0.279 e. The van der Waals surface area contributed by atoms with Crippen molar-refractivity contribution < 1.29 is 19.1 Å². The van der Waals surface area contributed by atoms with E-state index in [0.717, 1.165) is 11.1 Å². The first-order valence-corrected chi connectivity index (χ1v) is 8.44. The fourth-order valence-corrected chi connectivity index (χ4v) is 2.29. The molecule has 2 aromatic carbocycles. The smallest absolute Gasteiger partial charge is 0.279 e. The lowest BCUT2D eigenvalue weighted by Crippen LogP contribution is -2.48. The van der Waals surface area contributed by atoms with Gasteiger partial charge in [0.25, 0.3) is 11.8 Å². The monoisotopic (exact) mass is 376 g/mol. The molecule has 2 aromatic rings. The van der Waals surface area contributed by atoms with Gasteiger partial charge >= 0.3 is 0 Å². The first-order chi connectivity index (χ1) is 12.3. The van der Waals surface area contributed by atoms with E-state index in [2.05, 4.69) is 10.9 Å². The van der Waals surface area contributed by atoms with Gasteiger partial charge in [-0.25, -0.2) is 0 Å². The van der Waals surface area contributed by atoms with Gasteiger partial charge in [0.05, 0.1) is 0 Å². The Morgan fingerprint density at radius 1 is 1.08 bits per heavy atom. The van der Waals surface area contributed by atoms with Crippen LogP contribution in [0, 0.1) is 13.8 Å². The van der Waals surface area contributed by atoms with Crippen molar-refractivity contribution in [1.82, 2.24) is 10.9 Å². The number of benzene rings is 2. The lowest BCUT2D eigenvalue weighted by Gasteiger charge is -2.15. The van der Waals surface area contributed by atoms with Crippen molar-refractivity contribution in [2.45, 2.75) is 26.9 Å². The summed E-state index contributed by atoms with van der Waals surface area (Å²) in [5.41, 5.74) is 6.51. The van der Waals surface area contributed by atoms with E-state index >= 15 is 0 Å². The molecule has 26 heavy (non-hydrogen) atoms. The van der Waals surface area contributed by atoms with Gasteiger partial charge in [0.1, 0.15) is 11.5 Å². The molecule has 1 unspecified atom stereocenters. The predicted molar refractivity (Wildman–Crippen MR) is 99.2 cm³/mol. The average molecular weight is 377 g/mol. The number of aryl methyl sites for hydroxylation is 2. The number of carbonyl (C=O) groups excluding carboxylic acids is 2. The average Bonchev–Trinajstić information content (AvgIpc) is 2.60. The summed E-state index contributed by atoms with van der Waals surface area (Å²) < 4.78 is 10.9. The number of hydrogen-bond donors (Lipinski definition) is 2. The summed E-state index contributed by atoms with van der Waals surface area (Å²) in [6.45, 7) is 5.14. The minimum atomic E-state index is -0.766. The summed E-state index contributed by atoms with van der Waals surface area (Å²) in [6.07, 6.45) is -0.766. The maximum atomic E-state index is 12.0. The van der Waals surface area contributed by atoms with Crippen LogP contribution in [0.5, 0.6) is 11.5 Å². The molecule has 0 saturated carbocycles. The van der Waals surface area contributed by atoms with Crippen LogP contribution in [0.15, 0.2) is 42.5 Å². The Kier molecular flexibility index (Phi) is 6.86. The molecule has 0 aliphatic heterocycles. The molecular weight excluding hydrogens is 356 g/mol. The zero-order valence-corrected chi connectivity index (χ0v) is 15.6. The first kappa shape index (κ1) is 19.6. The fraction of sp³-hybridized carbons (Fsp3) is 0.263. The van der Waals surface area contributed by atoms with Crippen molar-refractivity contribution in [3.63, 3.8) is 0 Å². The Balaban J connectivity index is 1.75. The number of nitrogens with one attached hydrogen (secondary N) is 2. The van der Waals surface area contributed by atoms with Gasteiger partial charge in [-0.1, -0.05) is 29.3 Å². The Bertz CT molecular complexity index is 778. The molecule has 6 nitrogen and oxygen atoms in total. The van der Waals surface area contributed by atoms with Gasteiger partial charge in [0, 0.05) is 5.02 Å².